The Labute approximate surface area is 363 Å². The van der Waals surface area contributed by atoms with E-state index in [1.54, 1.807) is 0 Å². The molecular weight excluding hydrogens is 767 g/mol. The Kier molecular flexibility index (Phi) is 44.2. The van der Waals surface area contributed by atoms with Crippen LogP contribution in [0.15, 0.2) is 0 Å². The number of hydrogen-bond acceptors (Lipinski definition) is 9. The Morgan fingerprint density at radius 3 is 0.797 bits per heavy atom. The Morgan fingerprint density at radius 2 is 0.593 bits per heavy atom. The standard InChI is InChI=1S/C48H95O10P/c1-3-5-7-9-11-13-15-17-19-21-22-23-24-26-28-30-32-34-36-38-40-48(52)58-46(42-50)44-56-59(53,54)55-43-45(41-49)57-47(51)39-37-35-33-31-29-27-25-20-18-16-14-12-10-8-6-4-2/h45-46,49-50H,3-44H2,1-2H3,(H,53,54). The second-order valence-electron chi connectivity index (χ2n) is 17.2. The van der Waals surface area contributed by atoms with Crippen molar-refractivity contribution in [1.29, 1.82) is 0 Å². The van der Waals surface area contributed by atoms with E-state index in [1.165, 1.54) is 180 Å². The molecule has 0 heterocycles. The van der Waals surface area contributed by atoms with E-state index in [1.807, 2.05) is 0 Å². The molecule has 0 aliphatic heterocycles. The minimum Gasteiger partial charge on any atom is -0.457 e. The van der Waals surface area contributed by atoms with Crippen molar-refractivity contribution in [2.45, 2.75) is 270 Å². The molecule has 0 aromatic carbocycles. The van der Waals surface area contributed by atoms with Gasteiger partial charge in [0, 0.05) is 12.8 Å². The Balaban J connectivity index is 3.80. The highest BCUT2D eigenvalue weighted by atomic mass is 31.2. The number of hydrogen-bond donors (Lipinski definition) is 3. The summed E-state index contributed by atoms with van der Waals surface area (Å²) in [6.45, 7) is 2.28. The van der Waals surface area contributed by atoms with Crippen LogP contribution in [-0.4, -0.2) is 65.7 Å². The Morgan fingerprint density at radius 1 is 0.390 bits per heavy atom. The maximum Gasteiger partial charge on any atom is 0.472 e. The first-order valence-electron chi connectivity index (χ1n) is 25.0. The van der Waals surface area contributed by atoms with Gasteiger partial charge < -0.3 is 24.6 Å². The van der Waals surface area contributed by atoms with Crippen molar-refractivity contribution in [2.24, 2.45) is 0 Å². The summed E-state index contributed by atoms with van der Waals surface area (Å²) in [5.74, 6) is -1.00. The zero-order valence-electron chi connectivity index (χ0n) is 38.5. The lowest BCUT2D eigenvalue weighted by Gasteiger charge is -2.20. The van der Waals surface area contributed by atoms with Gasteiger partial charge in [0.25, 0.3) is 0 Å². The molecule has 3 N–H and O–H groups in total. The van der Waals surface area contributed by atoms with Crippen LogP contribution in [0.3, 0.4) is 0 Å². The van der Waals surface area contributed by atoms with Gasteiger partial charge in [0.2, 0.25) is 0 Å². The summed E-state index contributed by atoms with van der Waals surface area (Å²) in [5, 5.41) is 19.2. The SMILES string of the molecule is CCCCCCCCCCCCCCCCCCCCCCC(=O)OC(CO)COP(=O)(O)OCC(CO)OC(=O)CCCCCCCCCCCCCCCCCC. The van der Waals surface area contributed by atoms with Gasteiger partial charge >= 0.3 is 19.8 Å². The molecular formula is C48H95O10P. The summed E-state index contributed by atoms with van der Waals surface area (Å²) in [4.78, 5) is 34.6. The molecule has 3 atom stereocenters. The van der Waals surface area contributed by atoms with Gasteiger partial charge in [0.05, 0.1) is 26.4 Å². The minimum absolute atomic E-state index is 0.200. The van der Waals surface area contributed by atoms with Gasteiger partial charge in [-0.25, -0.2) is 4.57 Å². The van der Waals surface area contributed by atoms with Crippen LogP contribution in [0.1, 0.15) is 258 Å². The molecule has 3 unspecified atom stereocenters. The number of rotatable bonds is 48. The second-order valence-corrected chi connectivity index (χ2v) is 18.6. The van der Waals surface area contributed by atoms with Crippen LogP contribution in [0.5, 0.6) is 0 Å². The summed E-state index contributed by atoms with van der Waals surface area (Å²) < 4.78 is 32.7. The molecule has 59 heavy (non-hydrogen) atoms. The van der Waals surface area contributed by atoms with E-state index < -0.39 is 58.4 Å². The average Bonchev–Trinajstić information content (AvgIpc) is 3.22. The van der Waals surface area contributed by atoms with Gasteiger partial charge in [-0.2, -0.15) is 0 Å². The van der Waals surface area contributed by atoms with E-state index >= 15 is 0 Å². The van der Waals surface area contributed by atoms with Gasteiger partial charge in [0.1, 0.15) is 12.2 Å². The predicted octanol–water partition coefficient (Wildman–Crippen LogP) is 13.8. The monoisotopic (exact) mass is 863 g/mol. The van der Waals surface area contributed by atoms with Gasteiger partial charge in [0.15, 0.2) is 0 Å². The topological polar surface area (TPSA) is 149 Å². The normalized spacial score (nSPS) is 13.6. The Hall–Kier alpha value is -1.03. The fraction of sp³-hybridized carbons (Fsp3) is 0.958. The smallest absolute Gasteiger partial charge is 0.457 e. The third-order valence-electron chi connectivity index (χ3n) is 11.3. The lowest BCUT2D eigenvalue weighted by molar-refractivity contribution is -0.153. The fourth-order valence-corrected chi connectivity index (χ4v) is 8.26. The first-order valence-corrected chi connectivity index (χ1v) is 26.5. The van der Waals surface area contributed by atoms with Crippen molar-refractivity contribution in [2.75, 3.05) is 26.4 Å². The quantitative estimate of drug-likeness (QED) is 0.0306. The highest BCUT2D eigenvalue weighted by Crippen LogP contribution is 2.43. The summed E-state index contributed by atoms with van der Waals surface area (Å²) >= 11 is 0. The number of ether oxygens (including phenoxy) is 2. The van der Waals surface area contributed by atoms with Gasteiger partial charge in [-0.15, -0.1) is 0 Å². The molecule has 0 spiro atoms. The number of phosphoric acid groups is 1. The molecule has 0 rings (SSSR count). The molecule has 352 valence electrons. The van der Waals surface area contributed by atoms with Crippen molar-refractivity contribution >= 4 is 19.8 Å². The first-order chi connectivity index (χ1) is 28.8. The molecule has 0 amide bonds. The second kappa shape index (κ2) is 45.0. The van der Waals surface area contributed by atoms with Crippen molar-refractivity contribution < 1.29 is 47.8 Å². The summed E-state index contributed by atoms with van der Waals surface area (Å²) in [5.41, 5.74) is 0. The highest BCUT2D eigenvalue weighted by molar-refractivity contribution is 7.47. The first kappa shape index (κ1) is 58.0. The molecule has 0 aromatic rings. The van der Waals surface area contributed by atoms with Crippen molar-refractivity contribution in [1.82, 2.24) is 0 Å². The number of unbranched alkanes of at least 4 members (excludes halogenated alkanes) is 34. The lowest BCUT2D eigenvalue weighted by atomic mass is 10.0. The molecule has 11 heteroatoms. The fourth-order valence-electron chi connectivity index (χ4n) is 7.47. The van der Waals surface area contributed by atoms with E-state index in [0.29, 0.717) is 12.8 Å². The van der Waals surface area contributed by atoms with E-state index in [4.69, 9.17) is 18.5 Å². The number of carbonyl (C=O) groups excluding carboxylic acids is 2. The van der Waals surface area contributed by atoms with E-state index in [-0.39, 0.29) is 12.8 Å². The highest BCUT2D eigenvalue weighted by Gasteiger charge is 2.27. The predicted molar refractivity (Wildman–Crippen MR) is 242 cm³/mol. The average molecular weight is 863 g/mol. The van der Waals surface area contributed by atoms with Crippen LogP contribution < -0.4 is 0 Å². The molecule has 0 aliphatic rings. The number of phosphoric ester groups is 1. The third-order valence-corrected chi connectivity index (χ3v) is 12.3. The van der Waals surface area contributed by atoms with E-state index in [9.17, 15) is 29.3 Å². The van der Waals surface area contributed by atoms with Crippen molar-refractivity contribution in [3.8, 4) is 0 Å². The number of carbonyl (C=O) groups is 2. The van der Waals surface area contributed by atoms with Crippen LogP contribution in [-0.2, 0) is 32.7 Å². The van der Waals surface area contributed by atoms with E-state index in [2.05, 4.69) is 13.8 Å². The molecule has 0 saturated carbocycles. The maximum absolute atomic E-state index is 12.4. The third kappa shape index (κ3) is 43.4. The zero-order chi connectivity index (χ0) is 43.3. The van der Waals surface area contributed by atoms with Gasteiger partial charge in [-0.05, 0) is 12.8 Å². The molecule has 0 aliphatic carbocycles. The van der Waals surface area contributed by atoms with Crippen LogP contribution in [0.2, 0.25) is 0 Å². The van der Waals surface area contributed by atoms with Crippen molar-refractivity contribution in [3.63, 3.8) is 0 Å². The number of esters is 2. The zero-order valence-corrected chi connectivity index (χ0v) is 39.4. The maximum atomic E-state index is 12.4. The van der Waals surface area contributed by atoms with Crippen LogP contribution >= 0.6 is 7.82 Å². The summed E-state index contributed by atoms with van der Waals surface area (Å²) in [7, 11) is -4.63. The van der Waals surface area contributed by atoms with Gasteiger partial charge in [-0.3, -0.25) is 18.6 Å². The van der Waals surface area contributed by atoms with Crippen LogP contribution in [0.25, 0.3) is 0 Å². The summed E-state index contributed by atoms with van der Waals surface area (Å²) in [6.07, 6.45) is 43.6. The van der Waals surface area contributed by atoms with Crippen LogP contribution in [0, 0.1) is 0 Å². The molecule has 10 nitrogen and oxygen atoms in total. The van der Waals surface area contributed by atoms with Crippen LogP contribution in [0.4, 0.5) is 0 Å². The molecule has 0 fully saturated rings. The molecule has 0 aromatic heterocycles. The number of aliphatic hydroxyl groups is 2. The molecule has 0 bridgehead atoms. The minimum atomic E-state index is -4.63. The van der Waals surface area contributed by atoms with E-state index in [0.717, 1.165) is 38.5 Å². The molecule has 0 saturated heterocycles. The van der Waals surface area contributed by atoms with Crippen molar-refractivity contribution in [3.05, 3.63) is 0 Å². The molecule has 0 radical (unpaired) electrons. The largest absolute Gasteiger partial charge is 0.472 e. The lowest BCUT2D eigenvalue weighted by Crippen LogP contribution is -2.28. The Bertz CT molecular complexity index is 951. The summed E-state index contributed by atoms with van der Waals surface area (Å²) in [6, 6.07) is 0. The number of aliphatic hydroxyl groups excluding tert-OH is 2. The van der Waals surface area contributed by atoms with Gasteiger partial charge in [-0.1, -0.05) is 232 Å².